The first-order valence-electron chi connectivity index (χ1n) is 3.81. The normalized spacial score (nSPS) is 10.7. The smallest absolute Gasteiger partial charge is 0.113 e. The molecule has 0 N–H and O–H groups in total. The molecule has 0 spiro atoms. The Kier molecular flexibility index (Phi) is 3.54. The number of benzene rings is 1. The Labute approximate surface area is 84.1 Å². The molecule has 0 heterocycles. The molecule has 62 valence electrons. The summed E-state index contributed by atoms with van der Waals surface area (Å²) >= 11 is 7.72. The Morgan fingerprint density at radius 1 is 1.42 bits per heavy atom. The SMILES string of the molecule is [B]c1ccc(SC(C)C)c(Cl)c1. The second-order valence-electron chi connectivity index (χ2n) is 2.86. The molecule has 0 saturated carbocycles. The maximum absolute atomic E-state index is 5.97. The van der Waals surface area contributed by atoms with Crippen molar-refractivity contribution in [2.24, 2.45) is 0 Å². The number of rotatable bonds is 2. The monoisotopic (exact) mass is 196 g/mol. The van der Waals surface area contributed by atoms with E-state index in [0.29, 0.717) is 10.7 Å². The van der Waals surface area contributed by atoms with Gasteiger partial charge in [0.1, 0.15) is 7.85 Å². The topological polar surface area (TPSA) is 0 Å². The third-order valence-corrected chi connectivity index (χ3v) is 2.82. The molecule has 0 unspecified atom stereocenters. The highest BCUT2D eigenvalue weighted by molar-refractivity contribution is 8.00. The van der Waals surface area contributed by atoms with E-state index in [9.17, 15) is 0 Å². The molecule has 2 radical (unpaired) electrons. The van der Waals surface area contributed by atoms with Crippen LogP contribution in [0.25, 0.3) is 0 Å². The van der Waals surface area contributed by atoms with Gasteiger partial charge in [-0.1, -0.05) is 37.0 Å². The van der Waals surface area contributed by atoms with Crippen LogP contribution in [-0.2, 0) is 0 Å². The van der Waals surface area contributed by atoms with Gasteiger partial charge in [-0.05, 0) is 12.1 Å². The molecular weight excluding hydrogens is 186 g/mol. The van der Waals surface area contributed by atoms with Gasteiger partial charge in [0.05, 0.1) is 5.02 Å². The average Bonchev–Trinajstić information content (AvgIpc) is 1.94. The van der Waals surface area contributed by atoms with Gasteiger partial charge in [-0.25, -0.2) is 0 Å². The summed E-state index contributed by atoms with van der Waals surface area (Å²) in [5.74, 6) is 0. The van der Waals surface area contributed by atoms with Crippen LogP contribution < -0.4 is 5.46 Å². The van der Waals surface area contributed by atoms with Gasteiger partial charge < -0.3 is 0 Å². The Bertz CT molecular complexity index is 273. The second-order valence-corrected chi connectivity index (χ2v) is 4.88. The molecule has 0 saturated heterocycles. The minimum Gasteiger partial charge on any atom is -0.122 e. The van der Waals surface area contributed by atoms with Gasteiger partial charge in [0.25, 0.3) is 0 Å². The fraction of sp³-hybridized carbons (Fsp3) is 0.333. The van der Waals surface area contributed by atoms with Gasteiger partial charge in [0.15, 0.2) is 0 Å². The predicted octanol–water partition coefficient (Wildman–Crippen LogP) is 2.63. The first-order chi connectivity index (χ1) is 5.59. The summed E-state index contributed by atoms with van der Waals surface area (Å²) in [6, 6.07) is 5.62. The molecule has 0 atom stereocenters. The zero-order valence-corrected chi connectivity index (χ0v) is 8.75. The lowest BCUT2D eigenvalue weighted by atomic mass is 9.97. The highest BCUT2D eigenvalue weighted by atomic mass is 35.5. The average molecular weight is 197 g/mol. The summed E-state index contributed by atoms with van der Waals surface area (Å²) in [7, 11) is 5.56. The van der Waals surface area contributed by atoms with Gasteiger partial charge in [0.2, 0.25) is 0 Å². The van der Waals surface area contributed by atoms with Crippen LogP contribution in [0, 0.1) is 0 Å². The number of hydrogen-bond acceptors (Lipinski definition) is 1. The fourth-order valence-corrected chi connectivity index (χ4v) is 2.02. The molecule has 1 rings (SSSR count). The molecule has 0 nitrogen and oxygen atoms in total. The summed E-state index contributed by atoms with van der Waals surface area (Å²) < 4.78 is 0. The molecule has 0 aromatic heterocycles. The first-order valence-corrected chi connectivity index (χ1v) is 5.07. The van der Waals surface area contributed by atoms with Gasteiger partial charge >= 0.3 is 0 Å². The van der Waals surface area contributed by atoms with Crippen molar-refractivity contribution in [3.63, 3.8) is 0 Å². The van der Waals surface area contributed by atoms with Crippen LogP contribution in [0.2, 0.25) is 5.02 Å². The minimum absolute atomic E-state index is 0.547. The first kappa shape index (κ1) is 10.0. The fourth-order valence-electron chi connectivity index (χ4n) is 0.867. The van der Waals surface area contributed by atoms with Crippen LogP contribution in [0.4, 0.5) is 0 Å². The Hall–Kier alpha value is -0.0751. The van der Waals surface area contributed by atoms with E-state index in [1.54, 1.807) is 17.8 Å². The third-order valence-electron chi connectivity index (χ3n) is 1.32. The van der Waals surface area contributed by atoms with Gasteiger partial charge in [-0.3, -0.25) is 0 Å². The van der Waals surface area contributed by atoms with E-state index in [0.717, 1.165) is 9.92 Å². The summed E-state index contributed by atoms with van der Waals surface area (Å²) in [6.07, 6.45) is 0. The molecule has 0 bridgehead atoms. The lowest BCUT2D eigenvalue weighted by Gasteiger charge is -2.07. The zero-order valence-electron chi connectivity index (χ0n) is 7.17. The zero-order chi connectivity index (χ0) is 9.14. The Morgan fingerprint density at radius 2 is 2.08 bits per heavy atom. The molecule has 12 heavy (non-hydrogen) atoms. The summed E-state index contributed by atoms with van der Waals surface area (Å²) in [6.45, 7) is 4.27. The third kappa shape index (κ3) is 2.76. The molecule has 0 aliphatic rings. The van der Waals surface area contributed by atoms with Crippen LogP contribution in [0.15, 0.2) is 23.1 Å². The highest BCUT2D eigenvalue weighted by Crippen LogP contribution is 2.28. The van der Waals surface area contributed by atoms with Crippen LogP contribution >= 0.6 is 23.4 Å². The van der Waals surface area contributed by atoms with Crippen LogP contribution in [0.1, 0.15) is 13.8 Å². The molecule has 0 fully saturated rings. The molecule has 0 aliphatic heterocycles. The van der Waals surface area contributed by atoms with Crippen molar-refractivity contribution >= 4 is 36.7 Å². The van der Waals surface area contributed by atoms with Crippen molar-refractivity contribution < 1.29 is 0 Å². The van der Waals surface area contributed by atoms with Gasteiger partial charge in [-0.15, -0.1) is 11.8 Å². The lowest BCUT2D eigenvalue weighted by Crippen LogP contribution is -2.00. The van der Waals surface area contributed by atoms with Gasteiger partial charge in [-0.2, -0.15) is 0 Å². The molecule has 0 amide bonds. The largest absolute Gasteiger partial charge is 0.122 e. The van der Waals surface area contributed by atoms with E-state index in [1.165, 1.54) is 0 Å². The van der Waals surface area contributed by atoms with Crippen molar-refractivity contribution in [2.75, 3.05) is 0 Å². The predicted molar refractivity (Wildman–Crippen MR) is 57.8 cm³/mol. The van der Waals surface area contributed by atoms with E-state index >= 15 is 0 Å². The van der Waals surface area contributed by atoms with E-state index in [4.69, 9.17) is 19.4 Å². The van der Waals surface area contributed by atoms with Crippen LogP contribution in [0.3, 0.4) is 0 Å². The van der Waals surface area contributed by atoms with Crippen LogP contribution in [-0.4, -0.2) is 13.1 Å². The maximum Gasteiger partial charge on any atom is 0.113 e. The van der Waals surface area contributed by atoms with E-state index in [2.05, 4.69) is 13.8 Å². The van der Waals surface area contributed by atoms with Crippen molar-refractivity contribution in [3.05, 3.63) is 23.2 Å². The molecule has 1 aromatic carbocycles. The van der Waals surface area contributed by atoms with E-state index in [1.807, 2.05) is 12.1 Å². The van der Waals surface area contributed by atoms with Crippen molar-refractivity contribution in [1.29, 1.82) is 0 Å². The van der Waals surface area contributed by atoms with Crippen LogP contribution in [0.5, 0.6) is 0 Å². The van der Waals surface area contributed by atoms with E-state index < -0.39 is 0 Å². The second kappa shape index (κ2) is 4.24. The number of hydrogen-bond donors (Lipinski definition) is 0. The molecule has 1 aromatic rings. The standard InChI is InChI=1S/C9H10BClS/c1-6(2)12-9-4-3-7(10)5-8(9)11/h3-6H,1-2H3. The van der Waals surface area contributed by atoms with Crippen molar-refractivity contribution in [1.82, 2.24) is 0 Å². The minimum atomic E-state index is 0.547. The quantitative estimate of drug-likeness (QED) is 0.518. The number of halogens is 1. The van der Waals surface area contributed by atoms with Gasteiger partial charge in [0, 0.05) is 10.1 Å². The van der Waals surface area contributed by atoms with Crippen molar-refractivity contribution in [3.8, 4) is 0 Å². The lowest BCUT2D eigenvalue weighted by molar-refractivity contribution is 1.11. The Morgan fingerprint density at radius 3 is 2.58 bits per heavy atom. The number of thioether (sulfide) groups is 1. The summed E-state index contributed by atoms with van der Waals surface area (Å²) in [5, 5.41) is 1.29. The molecule has 0 aliphatic carbocycles. The molecular formula is C9H10BClS. The highest BCUT2D eigenvalue weighted by Gasteiger charge is 2.02. The summed E-state index contributed by atoms with van der Waals surface area (Å²) in [5.41, 5.74) is 0.716. The molecule has 3 heteroatoms. The van der Waals surface area contributed by atoms with Crippen molar-refractivity contribution in [2.45, 2.75) is 24.0 Å². The maximum atomic E-state index is 5.97. The van der Waals surface area contributed by atoms with E-state index in [-0.39, 0.29) is 0 Å². The summed E-state index contributed by atoms with van der Waals surface area (Å²) in [4.78, 5) is 1.10. The Balaban J connectivity index is 2.86.